The fraction of sp³-hybridized carbons (Fsp3) is 0.389. The van der Waals surface area contributed by atoms with Crippen LogP contribution in [0.25, 0.3) is 22.8 Å². The van der Waals surface area contributed by atoms with Crippen LogP contribution in [-0.2, 0) is 10.3 Å². The molecule has 0 atom stereocenters. The summed E-state index contributed by atoms with van der Waals surface area (Å²) in [6.07, 6.45) is -1.03. The van der Waals surface area contributed by atoms with E-state index in [2.05, 4.69) is 25.3 Å². The number of halogens is 3. The van der Waals surface area contributed by atoms with Gasteiger partial charge in [0, 0.05) is 11.1 Å². The minimum atomic E-state index is -5.08. The quantitative estimate of drug-likeness (QED) is 0.581. The lowest BCUT2D eigenvalue weighted by atomic mass is 9.99. The summed E-state index contributed by atoms with van der Waals surface area (Å²) in [6, 6.07) is 7.73. The molecule has 0 spiro atoms. The summed E-state index contributed by atoms with van der Waals surface area (Å²) >= 11 is 0. The maximum absolute atomic E-state index is 10.6. The number of carboxylic acid groups (broad SMARTS) is 1. The van der Waals surface area contributed by atoms with Crippen LogP contribution >= 0.6 is 0 Å². The first kappa shape index (κ1) is 21.4. The minimum absolute atomic E-state index is 0.432. The zero-order valence-corrected chi connectivity index (χ0v) is 15.9. The number of hydrogen-bond acceptors (Lipinski definition) is 7. The van der Waals surface area contributed by atoms with Gasteiger partial charge in [-0.15, -0.1) is 0 Å². The van der Waals surface area contributed by atoms with Crippen LogP contribution in [0, 0.1) is 6.92 Å². The Morgan fingerprint density at radius 2 is 1.73 bits per heavy atom. The van der Waals surface area contributed by atoms with Gasteiger partial charge in [0.1, 0.15) is 5.82 Å². The second kappa shape index (κ2) is 8.22. The number of benzene rings is 1. The predicted molar refractivity (Wildman–Crippen MR) is 97.9 cm³/mol. The molecule has 0 amide bonds. The van der Waals surface area contributed by atoms with E-state index in [0.29, 0.717) is 17.5 Å². The fourth-order valence-electron chi connectivity index (χ4n) is 3.01. The molecule has 0 unspecified atom stereocenters. The molecule has 4 N–H and O–H groups in total. The summed E-state index contributed by atoms with van der Waals surface area (Å²) < 4.78 is 37.1. The molecule has 160 valence electrons. The van der Waals surface area contributed by atoms with Gasteiger partial charge in [0.05, 0.1) is 5.54 Å². The lowest BCUT2D eigenvalue weighted by Gasteiger charge is -2.17. The highest BCUT2D eigenvalue weighted by Gasteiger charge is 2.38. The average molecular weight is 424 g/mol. The maximum Gasteiger partial charge on any atom is 0.490 e. The van der Waals surface area contributed by atoms with E-state index in [1.807, 2.05) is 31.2 Å². The Bertz CT molecular complexity index is 1010. The van der Waals surface area contributed by atoms with Crippen molar-refractivity contribution in [2.75, 3.05) is 0 Å². The molecule has 2 aromatic heterocycles. The fourth-order valence-corrected chi connectivity index (χ4v) is 3.01. The van der Waals surface area contributed by atoms with Gasteiger partial charge in [-0.05, 0) is 31.9 Å². The molecule has 1 aliphatic carbocycles. The lowest BCUT2D eigenvalue weighted by molar-refractivity contribution is -0.192. The third-order valence-electron chi connectivity index (χ3n) is 4.60. The van der Waals surface area contributed by atoms with E-state index in [9.17, 15) is 13.2 Å². The van der Waals surface area contributed by atoms with Gasteiger partial charge in [-0.25, -0.2) is 9.78 Å². The molecule has 1 aliphatic rings. The molecule has 0 radical (unpaired) electrons. The largest absolute Gasteiger partial charge is 0.490 e. The number of aromatic amines is 1. The first-order valence-corrected chi connectivity index (χ1v) is 9.01. The molecule has 0 bridgehead atoms. The molecule has 0 aliphatic heterocycles. The number of alkyl halides is 3. The zero-order chi connectivity index (χ0) is 21.9. The number of aromatic nitrogens is 5. The summed E-state index contributed by atoms with van der Waals surface area (Å²) in [7, 11) is 0. The van der Waals surface area contributed by atoms with Crippen molar-refractivity contribution in [3.05, 3.63) is 35.9 Å². The van der Waals surface area contributed by atoms with E-state index < -0.39 is 17.7 Å². The smallest absolute Gasteiger partial charge is 0.475 e. The van der Waals surface area contributed by atoms with Crippen molar-refractivity contribution >= 4 is 5.97 Å². The third kappa shape index (κ3) is 4.82. The molecule has 12 heteroatoms. The lowest BCUT2D eigenvalue weighted by Crippen LogP contribution is -2.34. The van der Waals surface area contributed by atoms with Crippen molar-refractivity contribution in [2.45, 2.75) is 44.3 Å². The highest BCUT2D eigenvalue weighted by molar-refractivity contribution is 5.73. The van der Waals surface area contributed by atoms with Gasteiger partial charge in [-0.3, -0.25) is 5.10 Å². The van der Waals surface area contributed by atoms with Crippen molar-refractivity contribution in [1.82, 2.24) is 25.3 Å². The van der Waals surface area contributed by atoms with E-state index in [1.54, 1.807) is 0 Å². The number of aliphatic carboxylic acids is 1. The van der Waals surface area contributed by atoms with Crippen molar-refractivity contribution in [3.63, 3.8) is 0 Å². The molecular formula is C18H19F3N6O3. The van der Waals surface area contributed by atoms with E-state index in [-0.39, 0.29) is 0 Å². The van der Waals surface area contributed by atoms with Crippen LogP contribution in [0.5, 0.6) is 0 Å². The molecule has 30 heavy (non-hydrogen) atoms. The molecule has 1 saturated carbocycles. The average Bonchev–Trinajstić information content (AvgIpc) is 3.43. The number of nitrogens with zero attached hydrogens (tertiary/aromatic N) is 4. The van der Waals surface area contributed by atoms with E-state index in [4.69, 9.17) is 20.2 Å². The Balaban J connectivity index is 0.000000318. The Labute approximate surface area is 168 Å². The summed E-state index contributed by atoms with van der Waals surface area (Å²) in [5, 5.41) is 18.2. The van der Waals surface area contributed by atoms with Crippen LogP contribution in [0.2, 0.25) is 0 Å². The minimum Gasteiger partial charge on any atom is -0.475 e. The summed E-state index contributed by atoms with van der Waals surface area (Å²) in [4.78, 5) is 17.7. The SMILES string of the molecule is Cc1nc(-c2ccc(-c3nc(C4(N)CCCC4)no3)cc2)n[nH]1.O=C(O)C(F)(F)F. The Morgan fingerprint density at radius 1 is 1.17 bits per heavy atom. The summed E-state index contributed by atoms with van der Waals surface area (Å²) in [6.45, 7) is 1.87. The van der Waals surface area contributed by atoms with Gasteiger partial charge in [-0.1, -0.05) is 30.1 Å². The highest BCUT2D eigenvalue weighted by Crippen LogP contribution is 2.35. The van der Waals surface area contributed by atoms with Crippen LogP contribution in [0.4, 0.5) is 13.2 Å². The van der Waals surface area contributed by atoms with Gasteiger partial charge in [0.25, 0.3) is 5.89 Å². The standard InChI is InChI=1S/C16H18N6O.C2HF3O2/c1-10-18-13(21-20-10)11-4-6-12(7-5-11)14-19-15(22-23-14)16(17)8-2-3-9-16;3-2(4,5)1(6)7/h4-7H,2-3,8-9,17H2,1H3,(H,18,20,21);(H,6,7). The summed E-state index contributed by atoms with van der Waals surface area (Å²) in [5.74, 6) is -0.192. The second-order valence-corrected chi connectivity index (χ2v) is 6.91. The number of carbonyl (C=O) groups is 1. The normalized spacial score (nSPS) is 15.5. The van der Waals surface area contributed by atoms with Crippen molar-refractivity contribution in [2.24, 2.45) is 5.73 Å². The molecule has 1 aromatic carbocycles. The number of carboxylic acids is 1. The van der Waals surface area contributed by atoms with Crippen LogP contribution in [0.15, 0.2) is 28.8 Å². The first-order chi connectivity index (χ1) is 14.1. The second-order valence-electron chi connectivity index (χ2n) is 6.91. The first-order valence-electron chi connectivity index (χ1n) is 9.01. The van der Waals surface area contributed by atoms with Gasteiger partial charge in [0.2, 0.25) is 0 Å². The Hall–Kier alpha value is -3.28. The van der Waals surface area contributed by atoms with Crippen LogP contribution in [0.1, 0.15) is 37.3 Å². The Morgan fingerprint density at radius 3 is 2.23 bits per heavy atom. The number of nitrogens with two attached hydrogens (primary N) is 1. The molecular weight excluding hydrogens is 405 g/mol. The molecule has 1 fully saturated rings. The van der Waals surface area contributed by atoms with Crippen molar-refractivity contribution in [3.8, 4) is 22.8 Å². The topological polar surface area (TPSA) is 144 Å². The molecule has 2 heterocycles. The molecule has 0 saturated heterocycles. The summed E-state index contributed by atoms with van der Waals surface area (Å²) in [5.41, 5.74) is 7.73. The number of hydrogen-bond donors (Lipinski definition) is 3. The maximum atomic E-state index is 10.6. The third-order valence-corrected chi connectivity index (χ3v) is 4.60. The van der Waals surface area contributed by atoms with Gasteiger partial charge < -0.3 is 15.4 Å². The molecule has 9 nitrogen and oxygen atoms in total. The number of nitrogens with one attached hydrogen (secondary N) is 1. The van der Waals surface area contributed by atoms with Gasteiger partial charge in [-0.2, -0.15) is 23.3 Å². The monoisotopic (exact) mass is 424 g/mol. The Kier molecular flexibility index (Phi) is 5.87. The number of aryl methyl sites for hydroxylation is 1. The van der Waals surface area contributed by atoms with E-state index in [1.165, 1.54) is 0 Å². The highest BCUT2D eigenvalue weighted by atomic mass is 19.4. The number of rotatable bonds is 3. The number of H-pyrrole nitrogens is 1. The van der Waals surface area contributed by atoms with Crippen molar-refractivity contribution < 1.29 is 27.6 Å². The van der Waals surface area contributed by atoms with Crippen LogP contribution in [-0.4, -0.2) is 42.6 Å². The van der Waals surface area contributed by atoms with Gasteiger partial charge in [0.15, 0.2) is 11.6 Å². The molecule has 4 rings (SSSR count). The zero-order valence-electron chi connectivity index (χ0n) is 15.9. The predicted octanol–water partition coefficient (Wildman–Crippen LogP) is 3.19. The van der Waals surface area contributed by atoms with Crippen LogP contribution in [0.3, 0.4) is 0 Å². The molecule has 3 aromatic rings. The van der Waals surface area contributed by atoms with Gasteiger partial charge >= 0.3 is 12.1 Å². The van der Waals surface area contributed by atoms with E-state index >= 15 is 0 Å². The van der Waals surface area contributed by atoms with E-state index in [0.717, 1.165) is 42.6 Å². The van der Waals surface area contributed by atoms with Crippen molar-refractivity contribution in [1.29, 1.82) is 0 Å². The van der Waals surface area contributed by atoms with Crippen LogP contribution < -0.4 is 5.73 Å².